The third kappa shape index (κ3) is 2.99. The van der Waals surface area contributed by atoms with Crippen molar-refractivity contribution in [2.75, 3.05) is 14.1 Å². The van der Waals surface area contributed by atoms with Crippen molar-refractivity contribution < 1.29 is 9.31 Å². The van der Waals surface area contributed by atoms with E-state index < -0.39 is 0 Å². The predicted molar refractivity (Wildman–Crippen MR) is 77.3 cm³/mol. The number of rotatable bonds is 3. The number of hydrogen-bond donors (Lipinski definition) is 0. The van der Waals surface area contributed by atoms with Gasteiger partial charge in [0.15, 0.2) is 0 Å². The summed E-state index contributed by atoms with van der Waals surface area (Å²) in [5.74, 6) is 0. The highest BCUT2D eigenvalue weighted by molar-refractivity contribution is 6.62. The topological polar surface area (TPSA) is 34.6 Å². The molecule has 0 aliphatic carbocycles. The zero-order valence-corrected chi connectivity index (χ0v) is 12.7. The van der Waals surface area contributed by atoms with Crippen molar-refractivity contribution in [1.29, 1.82) is 0 Å². The quantitative estimate of drug-likeness (QED) is 0.772. The first-order valence-corrected chi connectivity index (χ1v) is 6.66. The number of pyridine rings is 1. The molecule has 4 nitrogen and oxygen atoms in total. The molecule has 0 saturated carbocycles. The predicted octanol–water partition coefficient (Wildman–Crippen LogP) is 1.44. The maximum atomic E-state index is 6.00. The highest BCUT2D eigenvalue weighted by Crippen LogP contribution is 2.36. The second kappa shape index (κ2) is 4.89. The van der Waals surface area contributed by atoms with E-state index in [1.807, 2.05) is 32.4 Å². The van der Waals surface area contributed by atoms with Crippen LogP contribution in [0.5, 0.6) is 0 Å². The van der Waals surface area contributed by atoms with Gasteiger partial charge in [0.1, 0.15) is 0 Å². The van der Waals surface area contributed by atoms with Gasteiger partial charge in [0, 0.05) is 18.2 Å². The van der Waals surface area contributed by atoms with E-state index in [1.165, 1.54) is 0 Å². The van der Waals surface area contributed by atoms with E-state index in [0.29, 0.717) is 0 Å². The van der Waals surface area contributed by atoms with E-state index >= 15 is 0 Å². The molecule has 2 rings (SSSR count). The molecule has 2 heterocycles. The molecule has 1 saturated heterocycles. The van der Waals surface area contributed by atoms with Crippen LogP contribution >= 0.6 is 0 Å². The van der Waals surface area contributed by atoms with Crippen LogP contribution in [-0.2, 0) is 15.9 Å². The SMILES string of the molecule is CN(C)Cc1ccc(B2OC(C)(C)C(C)(C)O2)cn1. The van der Waals surface area contributed by atoms with Gasteiger partial charge < -0.3 is 14.2 Å². The van der Waals surface area contributed by atoms with Crippen molar-refractivity contribution >= 4 is 12.6 Å². The molecule has 0 aromatic carbocycles. The molecular formula is C14H23BN2O2. The van der Waals surface area contributed by atoms with E-state index in [9.17, 15) is 0 Å². The van der Waals surface area contributed by atoms with Crippen molar-refractivity contribution in [3.05, 3.63) is 24.0 Å². The molecule has 0 unspecified atom stereocenters. The molecule has 0 amide bonds. The van der Waals surface area contributed by atoms with Crippen molar-refractivity contribution in [2.24, 2.45) is 0 Å². The van der Waals surface area contributed by atoms with Gasteiger partial charge in [-0.3, -0.25) is 4.98 Å². The second-order valence-electron chi connectivity index (χ2n) is 6.41. The van der Waals surface area contributed by atoms with Crippen molar-refractivity contribution in [2.45, 2.75) is 45.4 Å². The average molecular weight is 262 g/mol. The lowest BCUT2D eigenvalue weighted by Gasteiger charge is -2.32. The summed E-state index contributed by atoms with van der Waals surface area (Å²) >= 11 is 0. The first-order valence-electron chi connectivity index (χ1n) is 6.66. The minimum Gasteiger partial charge on any atom is -0.399 e. The van der Waals surface area contributed by atoms with Gasteiger partial charge >= 0.3 is 7.12 Å². The Morgan fingerprint density at radius 1 is 1.11 bits per heavy atom. The van der Waals surface area contributed by atoms with E-state index in [2.05, 4.69) is 37.6 Å². The van der Waals surface area contributed by atoms with Crippen LogP contribution in [-0.4, -0.2) is 42.3 Å². The van der Waals surface area contributed by atoms with Crippen LogP contribution in [0, 0.1) is 0 Å². The minimum atomic E-state index is -0.328. The lowest BCUT2D eigenvalue weighted by atomic mass is 9.80. The lowest BCUT2D eigenvalue weighted by Crippen LogP contribution is -2.41. The zero-order chi connectivity index (χ0) is 14.3. The van der Waals surface area contributed by atoms with Crippen LogP contribution in [0.1, 0.15) is 33.4 Å². The summed E-state index contributed by atoms with van der Waals surface area (Å²) in [5, 5.41) is 0. The molecule has 0 spiro atoms. The zero-order valence-electron chi connectivity index (χ0n) is 12.7. The fraction of sp³-hybridized carbons (Fsp3) is 0.643. The Morgan fingerprint density at radius 3 is 2.11 bits per heavy atom. The summed E-state index contributed by atoms with van der Waals surface area (Å²) in [7, 11) is 3.74. The van der Waals surface area contributed by atoms with Gasteiger partial charge in [0.2, 0.25) is 0 Å². The normalized spacial score (nSPS) is 21.1. The Hall–Kier alpha value is -0.905. The summed E-state index contributed by atoms with van der Waals surface area (Å²) in [5.41, 5.74) is 1.41. The summed E-state index contributed by atoms with van der Waals surface area (Å²) < 4.78 is 12.0. The molecule has 0 bridgehead atoms. The van der Waals surface area contributed by atoms with Crippen LogP contribution in [0.4, 0.5) is 0 Å². The largest absolute Gasteiger partial charge is 0.496 e. The van der Waals surface area contributed by atoms with Crippen LogP contribution in [0.3, 0.4) is 0 Å². The third-order valence-electron chi connectivity index (χ3n) is 3.85. The molecule has 0 N–H and O–H groups in total. The summed E-state index contributed by atoms with van der Waals surface area (Å²) in [4.78, 5) is 6.55. The monoisotopic (exact) mass is 262 g/mol. The molecule has 0 radical (unpaired) electrons. The summed E-state index contributed by atoms with van der Waals surface area (Å²) in [6, 6.07) is 4.06. The maximum absolute atomic E-state index is 6.00. The molecule has 0 atom stereocenters. The van der Waals surface area contributed by atoms with E-state index in [-0.39, 0.29) is 18.3 Å². The lowest BCUT2D eigenvalue weighted by molar-refractivity contribution is 0.00578. The second-order valence-corrected chi connectivity index (χ2v) is 6.41. The van der Waals surface area contributed by atoms with Gasteiger partial charge in [-0.15, -0.1) is 0 Å². The molecule has 19 heavy (non-hydrogen) atoms. The Kier molecular flexibility index (Phi) is 3.73. The maximum Gasteiger partial charge on any atom is 0.496 e. The van der Waals surface area contributed by atoms with E-state index in [1.54, 1.807) is 0 Å². The Labute approximate surface area is 116 Å². The minimum absolute atomic E-state index is 0.306. The van der Waals surface area contributed by atoms with Gasteiger partial charge in [-0.1, -0.05) is 6.07 Å². The fourth-order valence-electron chi connectivity index (χ4n) is 1.97. The van der Waals surface area contributed by atoms with Crippen molar-refractivity contribution in [3.8, 4) is 0 Å². The number of nitrogens with zero attached hydrogens (tertiary/aromatic N) is 2. The van der Waals surface area contributed by atoms with Crippen molar-refractivity contribution in [3.63, 3.8) is 0 Å². The van der Waals surface area contributed by atoms with Crippen LogP contribution in [0.2, 0.25) is 0 Å². The third-order valence-corrected chi connectivity index (χ3v) is 3.85. The van der Waals surface area contributed by atoms with Crippen LogP contribution in [0.15, 0.2) is 18.3 Å². The highest BCUT2D eigenvalue weighted by Gasteiger charge is 2.51. The number of aromatic nitrogens is 1. The van der Waals surface area contributed by atoms with Crippen LogP contribution in [0.25, 0.3) is 0 Å². The molecule has 1 aliphatic heterocycles. The van der Waals surface area contributed by atoms with E-state index in [0.717, 1.165) is 17.7 Å². The summed E-state index contributed by atoms with van der Waals surface area (Å²) in [6.45, 7) is 9.06. The average Bonchev–Trinajstić information content (AvgIpc) is 2.48. The molecule has 104 valence electrons. The molecule has 1 fully saturated rings. The highest BCUT2D eigenvalue weighted by atomic mass is 16.7. The Morgan fingerprint density at radius 2 is 1.68 bits per heavy atom. The van der Waals surface area contributed by atoms with E-state index in [4.69, 9.17) is 9.31 Å². The molecule has 1 aliphatic rings. The smallest absolute Gasteiger partial charge is 0.399 e. The van der Waals surface area contributed by atoms with Gasteiger partial charge in [-0.25, -0.2) is 0 Å². The Balaban J connectivity index is 2.12. The standard InChI is InChI=1S/C14H23BN2O2/c1-13(2)14(3,4)19-15(18-13)11-7-8-12(16-9-11)10-17(5)6/h7-9H,10H2,1-6H3. The van der Waals surface area contributed by atoms with Gasteiger partial charge in [0.25, 0.3) is 0 Å². The first kappa shape index (κ1) is 14.5. The molecule has 5 heteroatoms. The Bertz CT molecular complexity index is 427. The number of hydrogen-bond acceptors (Lipinski definition) is 4. The van der Waals surface area contributed by atoms with Gasteiger partial charge in [-0.05, 0) is 47.9 Å². The first-order chi connectivity index (χ1) is 8.71. The summed E-state index contributed by atoms with van der Waals surface area (Å²) in [6.07, 6.45) is 1.85. The van der Waals surface area contributed by atoms with Crippen LogP contribution < -0.4 is 5.46 Å². The fourth-order valence-corrected chi connectivity index (χ4v) is 1.97. The van der Waals surface area contributed by atoms with Gasteiger partial charge in [0.05, 0.1) is 16.9 Å². The molecular weight excluding hydrogens is 239 g/mol. The van der Waals surface area contributed by atoms with Crippen molar-refractivity contribution in [1.82, 2.24) is 9.88 Å². The van der Waals surface area contributed by atoms with Gasteiger partial charge in [-0.2, -0.15) is 0 Å². The molecule has 1 aromatic heterocycles. The molecule has 1 aromatic rings.